The van der Waals surface area contributed by atoms with Crippen molar-refractivity contribution in [1.82, 2.24) is 0 Å². The van der Waals surface area contributed by atoms with E-state index in [9.17, 15) is 9.59 Å². The average Bonchev–Trinajstić information content (AvgIpc) is 2.70. The van der Waals surface area contributed by atoms with Crippen LogP contribution in [-0.4, -0.2) is 31.7 Å². The molecule has 29 heavy (non-hydrogen) atoms. The van der Waals surface area contributed by atoms with E-state index in [1.165, 1.54) is 7.11 Å². The number of nitrogens with two attached hydrogens (primary N) is 1. The number of nitrogens with zero attached hydrogens (tertiary/aromatic N) is 1. The van der Waals surface area contributed by atoms with E-state index in [-0.39, 0.29) is 18.5 Å². The smallest absolute Gasteiger partial charge is 0.332 e. The van der Waals surface area contributed by atoms with E-state index in [0.29, 0.717) is 22.6 Å². The van der Waals surface area contributed by atoms with Gasteiger partial charge in [-0.25, -0.2) is 4.79 Å². The molecule has 0 radical (unpaired) electrons. The second kappa shape index (κ2) is 9.99. The Morgan fingerprint density at radius 3 is 2.38 bits per heavy atom. The van der Waals surface area contributed by atoms with Crippen LogP contribution < -0.4 is 20.5 Å². The lowest BCUT2D eigenvalue weighted by atomic mass is 10.1. The molecule has 2 aromatic rings. The first-order chi connectivity index (χ1) is 13.8. The van der Waals surface area contributed by atoms with E-state index >= 15 is 0 Å². The number of nitrogens with one attached hydrogen (secondary N) is 1. The number of hydrogen-bond donors (Lipinski definition) is 2. The maximum absolute atomic E-state index is 12.4. The molecule has 1 atom stereocenters. The molecule has 8 nitrogen and oxygen atoms in total. The van der Waals surface area contributed by atoms with Crippen molar-refractivity contribution < 1.29 is 23.8 Å². The molecular weight excluding hydrogens is 374 g/mol. The van der Waals surface area contributed by atoms with Crippen LogP contribution in [0.25, 0.3) is 0 Å². The molecule has 0 spiro atoms. The maximum Gasteiger partial charge on any atom is 0.332 e. The lowest BCUT2D eigenvalue weighted by Crippen LogP contribution is -2.23. The number of ether oxygens (including phenoxy) is 3. The molecule has 0 aromatic heterocycles. The van der Waals surface area contributed by atoms with Gasteiger partial charge in [0.2, 0.25) is 0 Å². The van der Waals surface area contributed by atoms with Gasteiger partial charge in [0.05, 0.1) is 24.8 Å². The molecule has 2 aromatic carbocycles. The number of anilines is 1. The second-order valence-electron chi connectivity index (χ2n) is 6.42. The van der Waals surface area contributed by atoms with Crippen LogP contribution in [0.15, 0.2) is 42.5 Å². The standard InChI is InChI=1S/C21H23N3O5/c1-13(2)29-17-9-6-15(10-18(17)28-12-19(23)25)20(21(26)27-3)24-16-7-4-14(11-22)5-8-16/h4-10,13,20,24H,12H2,1-3H3,(H2,23,25). The van der Waals surface area contributed by atoms with Gasteiger partial charge in [0.25, 0.3) is 5.91 Å². The minimum absolute atomic E-state index is 0.120. The van der Waals surface area contributed by atoms with Gasteiger partial charge in [-0.2, -0.15) is 5.26 Å². The van der Waals surface area contributed by atoms with Crippen LogP contribution in [0, 0.1) is 11.3 Å². The SMILES string of the molecule is COC(=O)C(Nc1ccc(C#N)cc1)c1ccc(OC(C)C)c(OCC(N)=O)c1. The Hall–Kier alpha value is -3.73. The number of amides is 1. The number of carbonyl (C=O) groups excluding carboxylic acids is 2. The zero-order valence-corrected chi connectivity index (χ0v) is 16.5. The normalized spacial score (nSPS) is 11.3. The quantitative estimate of drug-likeness (QED) is 0.623. The van der Waals surface area contributed by atoms with Crippen molar-refractivity contribution in [1.29, 1.82) is 5.26 Å². The number of rotatable bonds is 9. The third-order valence-electron chi connectivity index (χ3n) is 3.80. The van der Waals surface area contributed by atoms with E-state index < -0.39 is 17.9 Å². The summed E-state index contributed by atoms with van der Waals surface area (Å²) in [4.78, 5) is 23.5. The Bertz CT molecular complexity index is 904. The Morgan fingerprint density at radius 1 is 1.14 bits per heavy atom. The van der Waals surface area contributed by atoms with Crippen LogP contribution in [-0.2, 0) is 14.3 Å². The topological polar surface area (TPSA) is 124 Å². The van der Waals surface area contributed by atoms with E-state index in [0.717, 1.165) is 0 Å². The second-order valence-corrected chi connectivity index (χ2v) is 6.42. The van der Waals surface area contributed by atoms with Crippen LogP contribution in [0.2, 0.25) is 0 Å². The third kappa shape index (κ3) is 6.14. The summed E-state index contributed by atoms with van der Waals surface area (Å²) in [5.41, 5.74) is 6.84. The lowest BCUT2D eigenvalue weighted by molar-refractivity contribution is -0.141. The number of hydrogen-bond acceptors (Lipinski definition) is 7. The molecule has 0 heterocycles. The molecule has 0 aliphatic rings. The molecule has 1 amide bonds. The number of carbonyl (C=O) groups is 2. The van der Waals surface area contributed by atoms with Crippen LogP contribution in [0.4, 0.5) is 5.69 Å². The maximum atomic E-state index is 12.4. The van der Waals surface area contributed by atoms with E-state index in [1.807, 2.05) is 19.9 Å². The third-order valence-corrected chi connectivity index (χ3v) is 3.80. The van der Waals surface area contributed by atoms with Crippen molar-refractivity contribution in [3.63, 3.8) is 0 Å². The Labute approximate surface area is 169 Å². The van der Waals surface area contributed by atoms with Crippen molar-refractivity contribution in [3.05, 3.63) is 53.6 Å². The molecule has 152 valence electrons. The van der Waals surface area contributed by atoms with Gasteiger partial charge in [-0.05, 0) is 55.8 Å². The van der Waals surface area contributed by atoms with Crippen LogP contribution in [0.3, 0.4) is 0 Å². The Morgan fingerprint density at radius 2 is 1.83 bits per heavy atom. The highest BCUT2D eigenvalue weighted by Crippen LogP contribution is 2.33. The van der Waals surface area contributed by atoms with Gasteiger partial charge in [0.15, 0.2) is 24.1 Å². The summed E-state index contributed by atoms with van der Waals surface area (Å²) < 4.78 is 16.1. The monoisotopic (exact) mass is 397 g/mol. The fourth-order valence-electron chi connectivity index (χ4n) is 2.52. The average molecular weight is 397 g/mol. The van der Waals surface area contributed by atoms with Gasteiger partial charge in [-0.3, -0.25) is 4.79 Å². The van der Waals surface area contributed by atoms with Crippen molar-refractivity contribution in [2.24, 2.45) is 5.73 Å². The van der Waals surface area contributed by atoms with Crippen molar-refractivity contribution >= 4 is 17.6 Å². The summed E-state index contributed by atoms with van der Waals surface area (Å²) in [6.45, 7) is 3.38. The molecule has 2 rings (SSSR count). The minimum Gasteiger partial charge on any atom is -0.487 e. The molecule has 0 saturated heterocycles. The highest BCUT2D eigenvalue weighted by molar-refractivity contribution is 5.81. The van der Waals surface area contributed by atoms with Gasteiger partial charge < -0.3 is 25.3 Å². The van der Waals surface area contributed by atoms with E-state index in [2.05, 4.69) is 5.32 Å². The predicted molar refractivity (Wildman–Crippen MR) is 106 cm³/mol. The van der Waals surface area contributed by atoms with Crippen LogP contribution >= 0.6 is 0 Å². The molecule has 0 aliphatic carbocycles. The Balaban J connectivity index is 2.37. The molecule has 0 saturated carbocycles. The zero-order valence-electron chi connectivity index (χ0n) is 16.5. The van der Waals surface area contributed by atoms with Crippen molar-refractivity contribution in [2.75, 3.05) is 19.0 Å². The molecular formula is C21H23N3O5. The number of esters is 1. The zero-order chi connectivity index (χ0) is 21.4. The summed E-state index contributed by atoms with van der Waals surface area (Å²) >= 11 is 0. The van der Waals surface area contributed by atoms with E-state index in [4.69, 9.17) is 25.2 Å². The fraction of sp³-hybridized carbons (Fsp3) is 0.286. The van der Waals surface area contributed by atoms with Crippen LogP contribution in [0.5, 0.6) is 11.5 Å². The molecule has 0 fully saturated rings. The largest absolute Gasteiger partial charge is 0.487 e. The molecule has 8 heteroatoms. The summed E-state index contributed by atoms with van der Waals surface area (Å²) in [5, 5.41) is 12.0. The minimum atomic E-state index is -0.850. The summed E-state index contributed by atoms with van der Waals surface area (Å²) in [6.07, 6.45) is -0.120. The molecule has 0 aliphatic heterocycles. The fourth-order valence-corrected chi connectivity index (χ4v) is 2.52. The van der Waals surface area contributed by atoms with Crippen molar-refractivity contribution in [2.45, 2.75) is 26.0 Å². The first kappa shape index (κ1) is 21.6. The van der Waals surface area contributed by atoms with Gasteiger partial charge in [0, 0.05) is 5.69 Å². The molecule has 1 unspecified atom stereocenters. The number of primary amides is 1. The highest BCUT2D eigenvalue weighted by Gasteiger charge is 2.23. The van der Waals surface area contributed by atoms with Gasteiger partial charge in [0.1, 0.15) is 0 Å². The number of methoxy groups -OCH3 is 1. The molecule has 0 bridgehead atoms. The predicted octanol–water partition coefficient (Wildman–Crippen LogP) is 2.54. The first-order valence-electron chi connectivity index (χ1n) is 8.90. The summed E-state index contributed by atoms with van der Waals surface area (Å²) in [6, 6.07) is 12.8. The summed E-state index contributed by atoms with van der Waals surface area (Å²) in [7, 11) is 1.29. The number of benzene rings is 2. The number of nitriles is 1. The van der Waals surface area contributed by atoms with E-state index in [1.54, 1.807) is 42.5 Å². The van der Waals surface area contributed by atoms with Crippen LogP contribution in [0.1, 0.15) is 31.0 Å². The molecule has 3 N–H and O–H groups in total. The van der Waals surface area contributed by atoms with Gasteiger partial charge in [-0.1, -0.05) is 6.07 Å². The van der Waals surface area contributed by atoms with Gasteiger partial charge in [-0.15, -0.1) is 0 Å². The van der Waals surface area contributed by atoms with Gasteiger partial charge >= 0.3 is 5.97 Å². The highest BCUT2D eigenvalue weighted by atomic mass is 16.5. The Kier molecular flexibility index (Phi) is 7.43. The summed E-state index contributed by atoms with van der Waals surface area (Å²) in [5.74, 6) is -0.448. The first-order valence-corrected chi connectivity index (χ1v) is 8.90. The van der Waals surface area contributed by atoms with Crippen molar-refractivity contribution in [3.8, 4) is 17.6 Å². The lowest BCUT2D eigenvalue weighted by Gasteiger charge is -2.21.